The Morgan fingerprint density at radius 3 is 1.18 bits per heavy atom. The van der Waals surface area contributed by atoms with E-state index in [1.165, 1.54) is 212 Å². The molecule has 10 heteroatoms. The first-order valence-corrected chi connectivity index (χ1v) is 35.5. The van der Waals surface area contributed by atoms with Crippen molar-refractivity contribution in [3.05, 3.63) is 48.6 Å². The van der Waals surface area contributed by atoms with Crippen LogP contribution < -0.4 is 5.32 Å². The monoisotopic (exact) mass is 1130 g/mol. The number of esters is 1. The van der Waals surface area contributed by atoms with Crippen molar-refractivity contribution in [2.75, 3.05) is 40.9 Å². The number of unbranched alkanes of at least 4 members (excludes halogenated alkanes) is 40. The second-order valence-electron chi connectivity index (χ2n) is 24.4. The highest BCUT2D eigenvalue weighted by atomic mass is 31.2. The first-order valence-electron chi connectivity index (χ1n) is 34.0. The quantitative estimate of drug-likeness (QED) is 0.0205. The Morgan fingerprint density at radius 2 is 0.772 bits per heavy atom. The maximum Gasteiger partial charge on any atom is 0.472 e. The smallest absolute Gasteiger partial charge is 0.456 e. The number of quaternary nitrogens is 1. The lowest BCUT2D eigenvalue weighted by Crippen LogP contribution is -2.47. The number of likely N-dealkylation sites (N-methyl/N-ethyl adjacent to an activating group) is 1. The molecule has 3 unspecified atom stereocenters. The molecule has 0 aliphatic carbocycles. The number of hydrogen-bond acceptors (Lipinski definition) is 6. The predicted octanol–water partition coefficient (Wildman–Crippen LogP) is 21.2. The Morgan fingerprint density at radius 1 is 0.443 bits per heavy atom. The number of nitrogens with one attached hydrogen (secondary N) is 1. The van der Waals surface area contributed by atoms with E-state index in [0.717, 1.165) is 83.5 Å². The van der Waals surface area contributed by atoms with Crippen LogP contribution in [0, 0.1) is 0 Å². The Labute approximate surface area is 490 Å². The van der Waals surface area contributed by atoms with E-state index in [9.17, 15) is 19.0 Å². The van der Waals surface area contributed by atoms with Crippen LogP contribution >= 0.6 is 7.82 Å². The van der Waals surface area contributed by atoms with Crippen LogP contribution in [0.15, 0.2) is 48.6 Å². The molecule has 0 fully saturated rings. The van der Waals surface area contributed by atoms with Crippen LogP contribution in [-0.2, 0) is 27.9 Å². The van der Waals surface area contributed by atoms with Crippen LogP contribution in [0.2, 0.25) is 0 Å². The number of rotatable bonds is 62. The Kier molecular flexibility index (Phi) is 57.6. The Bertz CT molecular complexity index is 1490. The molecule has 0 spiro atoms. The third kappa shape index (κ3) is 60.4. The van der Waals surface area contributed by atoms with Gasteiger partial charge < -0.3 is 19.4 Å². The molecule has 9 nitrogen and oxygen atoms in total. The summed E-state index contributed by atoms with van der Waals surface area (Å²) < 4.78 is 30.8. The molecule has 0 aromatic rings. The van der Waals surface area contributed by atoms with Gasteiger partial charge in [0.25, 0.3) is 0 Å². The first-order chi connectivity index (χ1) is 38.4. The summed E-state index contributed by atoms with van der Waals surface area (Å²) in [5.41, 5.74) is 0. The van der Waals surface area contributed by atoms with Crippen molar-refractivity contribution < 1.29 is 37.3 Å². The van der Waals surface area contributed by atoms with E-state index in [1.54, 1.807) is 0 Å². The SMILES string of the molecule is CCCCC/C=C\C/C=C\C/C=C\CCCCCCCCCCC(=O)OC(/C=C/CCCCCCCCCCCCC)C(COP(=O)(O)OCC[N+](C)(C)C)NC(=O)CCCCCCCCCCCCCCCCCCCCC. The maximum absolute atomic E-state index is 13.6. The zero-order valence-corrected chi connectivity index (χ0v) is 54.0. The lowest BCUT2D eigenvalue weighted by atomic mass is 10.0. The molecule has 0 aliphatic heterocycles. The van der Waals surface area contributed by atoms with Gasteiger partial charge in [-0.3, -0.25) is 18.6 Å². The number of phosphoric ester groups is 1. The van der Waals surface area contributed by atoms with Gasteiger partial charge in [-0.25, -0.2) is 4.57 Å². The van der Waals surface area contributed by atoms with Gasteiger partial charge >= 0.3 is 13.8 Å². The van der Waals surface area contributed by atoms with Gasteiger partial charge in [-0.2, -0.15) is 0 Å². The second-order valence-corrected chi connectivity index (χ2v) is 25.8. The van der Waals surface area contributed by atoms with Crippen LogP contribution in [0.4, 0.5) is 0 Å². The number of allylic oxidation sites excluding steroid dienone is 7. The molecule has 2 N–H and O–H groups in total. The minimum absolute atomic E-state index is 0.0405. The molecule has 79 heavy (non-hydrogen) atoms. The highest BCUT2D eigenvalue weighted by molar-refractivity contribution is 7.47. The van der Waals surface area contributed by atoms with Gasteiger partial charge in [0.05, 0.1) is 33.8 Å². The lowest BCUT2D eigenvalue weighted by molar-refractivity contribution is -0.870. The van der Waals surface area contributed by atoms with E-state index in [2.05, 4.69) is 62.5 Å². The van der Waals surface area contributed by atoms with Gasteiger partial charge in [-0.15, -0.1) is 0 Å². The molecule has 1 amide bonds. The number of carbonyl (C=O) groups excluding carboxylic acids is 2. The molecule has 3 atom stereocenters. The van der Waals surface area contributed by atoms with Gasteiger partial charge in [-0.1, -0.05) is 294 Å². The highest BCUT2D eigenvalue weighted by Gasteiger charge is 2.30. The zero-order valence-electron chi connectivity index (χ0n) is 53.1. The molecular formula is C69H132N2O7P+. The normalized spacial score (nSPS) is 13.9. The lowest BCUT2D eigenvalue weighted by Gasteiger charge is -2.27. The minimum Gasteiger partial charge on any atom is -0.456 e. The van der Waals surface area contributed by atoms with Gasteiger partial charge in [0.1, 0.15) is 19.3 Å². The second kappa shape index (κ2) is 59.1. The van der Waals surface area contributed by atoms with E-state index in [-0.39, 0.29) is 31.5 Å². The standard InChI is InChI=1S/C69H131N2O7P/c1-7-10-13-16-19-22-25-28-30-32-34-35-37-39-41-44-47-50-53-56-59-62-69(73)78-67(60-57-54-51-48-45-42-27-24-21-18-15-12-9-3)66(65-77-79(74,75)76-64-63-71(4,5)6)70-68(72)61-58-55-52-49-46-43-40-38-36-33-31-29-26-23-20-17-14-11-8-2/h19,22,28,30,34-35,57,60,66-67H,7-18,20-21,23-27,29,31-33,36-56,58-59,61-65H2,1-6H3,(H-,70,72,74,75)/p+1/b22-19-,30-28-,35-34-,60-57+. The Hall–Kier alpha value is -2.03. The average molecular weight is 1130 g/mol. The molecule has 0 heterocycles. The van der Waals surface area contributed by atoms with Crippen molar-refractivity contribution in [2.45, 2.75) is 341 Å². The molecule has 0 rings (SSSR count). The average Bonchev–Trinajstić information content (AvgIpc) is 3.41. The molecule has 0 bridgehead atoms. The fourth-order valence-electron chi connectivity index (χ4n) is 10.0. The van der Waals surface area contributed by atoms with Crippen molar-refractivity contribution in [1.82, 2.24) is 5.32 Å². The predicted molar refractivity (Wildman–Crippen MR) is 342 cm³/mol. The van der Waals surface area contributed by atoms with E-state index in [1.807, 2.05) is 33.3 Å². The van der Waals surface area contributed by atoms with E-state index in [4.69, 9.17) is 13.8 Å². The third-order valence-corrected chi connectivity index (χ3v) is 16.3. The molecule has 0 saturated heterocycles. The number of ether oxygens (including phenoxy) is 1. The van der Waals surface area contributed by atoms with Crippen LogP contribution in [-0.4, -0.2) is 74.3 Å². The van der Waals surface area contributed by atoms with E-state index >= 15 is 0 Å². The van der Waals surface area contributed by atoms with Crippen LogP contribution in [0.5, 0.6) is 0 Å². The van der Waals surface area contributed by atoms with E-state index < -0.39 is 20.0 Å². The Balaban J connectivity index is 5.18. The molecule has 0 saturated carbocycles. The van der Waals surface area contributed by atoms with Crippen molar-refractivity contribution in [1.29, 1.82) is 0 Å². The minimum atomic E-state index is -4.45. The first kappa shape index (κ1) is 77.0. The van der Waals surface area contributed by atoms with Gasteiger partial charge in [0.2, 0.25) is 5.91 Å². The van der Waals surface area contributed by atoms with E-state index in [0.29, 0.717) is 17.4 Å². The number of phosphoric acid groups is 1. The molecule has 0 aliphatic rings. The summed E-state index contributed by atoms with van der Waals surface area (Å²) >= 11 is 0. The fourth-order valence-corrected chi connectivity index (χ4v) is 10.7. The van der Waals surface area contributed by atoms with Crippen LogP contribution in [0.3, 0.4) is 0 Å². The van der Waals surface area contributed by atoms with Crippen molar-refractivity contribution in [3.8, 4) is 0 Å². The summed E-state index contributed by atoms with van der Waals surface area (Å²) in [7, 11) is 1.50. The molecule has 0 aromatic heterocycles. The summed E-state index contributed by atoms with van der Waals surface area (Å²) in [6.07, 6.45) is 73.9. The highest BCUT2D eigenvalue weighted by Crippen LogP contribution is 2.43. The summed E-state index contributed by atoms with van der Waals surface area (Å²) in [6, 6.07) is -0.850. The van der Waals surface area contributed by atoms with Crippen molar-refractivity contribution >= 4 is 19.7 Å². The number of nitrogens with zero attached hydrogens (tertiary/aromatic N) is 1. The number of hydrogen-bond donors (Lipinski definition) is 2. The topological polar surface area (TPSA) is 111 Å². The maximum atomic E-state index is 13.6. The number of amides is 1. The third-order valence-electron chi connectivity index (χ3n) is 15.3. The molecule has 464 valence electrons. The van der Waals surface area contributed by atoms with Gasteiger partial charge in [-0.05, 0) is 70.3 Å². The summed E-state index contributed by atoms with van der Waals surface area (Å²) in [5, 5.41) is 3.07. The fraction of sp³-hybridized carbons (Fsp3) is 0.855. The summed E-state index contributed by atoms with van der Waals surface area (Å²) in [5.74, 6) is -0.498. The van der Waals surface area contributed by atoms with Gasteiger partial charge in [0, 0.05) is 12.8 Å². The molecule has 0 radical (unpaired) electrons. The molecular weight excluding hydrogens is 1000 g/mol. The summed E-state index contributed by atoms with van der Waals surface area (Å²) in [6.45, 7) is 7.03. The number of carbonyl (C=O) groups is 2. The molecule has 0 aromatic carbocycles. The van der Waals surface area contributed by atoms with Crippen molar-refractivity contribution in [2.24, 2.45) is 0 Å². The van der Waals surface area contributed by atoms with Crippen LogP contribution in [0.1, 0.15) is 329 Å². The summed E-state index contributed by atoms with van der Waals surface area (Å²) in [4.78, 5) is 37.8. The zero-order chi connectivity index (χ0) is 57.9. The van der Waals surface area contributed by atoms with Gasteiger partial charge in [0.15, 0.2) is 0 Å². The van der Waals surface area contributed by atoms with Crippen molar-refractivity contribution in [3.63, 3.8) is 0 Å². The largest absolute Gasteiger partial charge is 0.472 e. The van der Waals surface area contributed by atoms with Crippen LogP contribution in [0.25, 0.3) is 0 Å².